The molecule has 0 saturated carbocycles. The van der Waals surface area contributed by atoms with Crippen molar-refractivity contribution < 1.29 is 21.1 Å². The van der Waals surface area contributed by atoms with Crippen LogP contribution in [0.2, 0.25) is 0 Å². The molecule has 0 aliphatic rings. The fraction of sp³-hybridized carbons (Fsp3) is 0. The van der Waals surface area contributed by atoms with Gasteiger partial charge in [-0.3, -0.25) is 0 Å². The minimum Gasteiger partial charge on any atom is -0.687 e. The van der Waals surface area contributed by atoms with Crippen LogP contribution in [0.4, 0.5) is 0 Å². The number of aromatic nitrogens is 2. The van der Waals surface area contributed by atoms with Gasteiger partial charge in [-0.1, -0.05) is 0 Å². The van der Waals surface area contributed by atoms with Gasteiger partial charge >= 0.3 is 0 Å². The summed E-state index contributed by atoms with van der Waals surface area (Å²) in [6.07, 6.45) is 4.91. The molecule has 4 heteroatoms. The van der Waals surface area contributed by atoms with Crippen LogP contribution < -0.4 is 0 Å². The first-order valence-corrected chi connectivity index (χ1v) is 1.91. The molecule has 0 spiro atoms. The Hall–Kier alpha value is 0.118. The zero-order chi connectivity index (χ0) is 4.41. The van der Waals surface area contributed by atoms with Crippen molar-refractivity contribution in [2.24, 2.45) is 0 Å². The third-order valence-corrected chi connectivity index (χ3v) is 0.696. The summed E-state index contributed by atoms with van der Waals surface area (Å²) >= 11 is 4.60. The van der Waals surface area contributed by atoms with E-state index in [1.807, 2.05) is 0 Å². The Morgan fingerprint density at radius 1 is 1.57 bits per heavy atom. The molecular formula is C3H3N2SW-. The second-order valence-corrected chi connectivity index (χ2v) is 1.34. The molecule has 0 aromatic carbocycles. The van der Waals surface area contributed by atoms with Crippen molar-refractivity contribution >= 4 is 12.8 Å². The van der Waals surface area contributed by atoms with E-state index in [0.29, 0.717) is 0 Å². The Morgan fingerprint density at radius 2 is 2.29 bits per heavy atom. The van der Waals surface area contributed by atoms with Gasteiger partial charge in [-0.2, -0.15) is 0 Å². The summed E-state index contributed by atoms with van der Waals surface area (Å²) in [5.41, 5.74) is 0. The average molecular weight is 283 g/mol. The molecule has 0 unspecified atom stereocenters. The largest absolute Gasteiger partial charge is 0.687 e. The quantitative estimate of drug-likeness (QED) is 0.633. The van der Waals surface area contributed by atoms with E-state index in [1.54, 1.807) is 18.7 Å². The number of imidazole rings is 1. The molecule has 0 amide bonds. The van der Waals surface area contributed by atoms with Gasteiger partial charge in [0.25, 0.3) is 0 Å². The van der Waals surface area contributed by atoms with Gasteiger partial charge in [0.05, 0.1) is 6.33 Å². The maximum atomic E-state index is 4.60. The first kappa shape index (κ1) is 7.12. The molecule has 0 fully saturated rings. The second kappa shape index (κ2) is 3.16. The third-order valence-electron chi connectivity index (χ3n) is 0.480. The molecule has 1 aromatic rings. The van der Waals surface area contributed by atoms with Gasteiger partial charge < -0.3 is 16.8 Å². The smallest absolute Gasteiger partial charge is 0.0753 e. The molecule has 7 heavy (non-hydrogen) atoms. The molecule has 0 saturated heterocycles. The maximum Gasteiger partial charge on any atom is 0.0753 e. The van der Waals surface area contributed by atoms with Crippen LogP contribution in [0.5, 0.6) is 0 Å². The number of nitrogens with zero attached hydrogens (tertiary/aromatic N) is 2. The predicted molar refractivity (Wildman–Crippen MR) is 25.0 cm³/mol. The molecular weight excluding hydrogens is 280 g/mol. The van der Waals surface area contributed by atoms with Crippen molar-refractivity contribution in [2.75, 3.05) is 0 Å². The van der Waals surface area contributed by atoms with Crippen LogP contribution in [0.3, 0.4) is 0 Å². The van der Waals surface area contributed by atoms with Crippen molar-refractivity contribution in [1.82, 2.24) is 8.96 Å². The van der Waals surface area contributed by atoms with Crippen molar-refractivity contribution in [2.45, 2.75) is 0 Å². The van der Waals surface area contributed by atoms with Gasteiger partial charge in [0.15, 0.2) is 0 Å². The standard InChI is InChI=1S/C3H3N2S.W/c6-5-2-1-4-3-5;/h1-3H;/q-1;. The molecule has 0 N–H and O–H groups in total. The second-order valence-electron chi connectivity index (χ2n) is 0.923. The van der Waals surface area contributed by atoms with Crippen molar-refractivity contribution in [1.29, 1.82) is 0 Å². The van der Waals surface area contributed by atoms with E-state index in [-0.39, 0.29) is 21.1 Å². The Labute approximate surface area is 61.7 Å². The topological polar surface area (TPSA) is 17.8 Å². The van der Waals surface area contributed by atoms with Crippen LogP contribution in [0.15, 0.2) is 18.7 Å². The molecule has 0 aliphatic carbocycles. The molecule has 38 valence electrons. The van der Waals surface area contributed by atoms with Gasteiger partial charge in [-0.25, -0.2) is 4.98 Å². The van der Waals surface area contributed by atoms with Crippen LogP contribution >= 0.6 is 0 Å². The van der Waals surface area contributed by atoms with E-state index >= 15 is 0 Å². The third kappa shape index (κ3) is 2.05. The monoisotopic (exact) mass is 283 g/mol. The predicted octanol–water partition coefficient (Wildman–Crippen LogP) is 0.191. The van der Waals surface area contributed by atoms with E-state index in [1.165, 1.54) is 3.97 Å². The summed E-state index contributed by atoms with van der Waals surface area (Å²) in [5, 5.41) is 0. The summed E-state index contributed by atoms with van der Waals surface area (Å²) < 4.78 is 1.47. The fourth-order valence-electron chi connectivity index (χ4n) is 0.247. The summed E-state index contributed by atoms with van der Waals surface area (Å²) in [7, 11) is 0. The van der Waals surface area contributed by atoms with Gasteiger partial charge in [-0.05, 0) is 0 Å². The van der Waals surface area contributed by atoms with Gasteiger partial charge in [-0.15, -0.1) is 0 Å². The molecule has 1 heterocycles. The van der Waals surface area contributed by atoms with Crippen LogP contribution in [0, 0.1) is 0 Å². The van der Waals surface area contributed by atoms with Crippen molar-refractivity contribution in [3.05, 3.63) is 18.7 Å². The van der Waals surface area contributed by atoms with Crippen molar-refractivity contribution in [3.63, 3.8) is 0 Å². The molecule has 0 aliphatic heterocycles. The van der Waals surface area contributed by atoms with Crippen LogP contribution in [0.1, 0.15) is 0 Å². The van der Waals surface area contributed by atoms with E-state index in [9.17, 15) is 0 Å². The van der Waals surface area contributed by atoms with E-state index in [2.05, 4.69) is 17.8 Å². The van der Waals surface area contributed by atoms with Crippen LogP contribution in [0.25, 0.3) is 0 Å². The zero-order valence-corrected chi connectivity index (χ0v) is 7.19. The maximum absolute atomic E-state index is 4.60. The molecule has 0 atom stereocenters. The normalized spacial score (nSPS) is 7.43. The average Bonchev–Trinajstić information content (AvgIpc) is 1.86. The number of hydrogen-bond acceptors (Lipinski definition) is 2. The SMILES string of the molecule is [S-]n1ccnc1.[W]. The first-order valence-electron chi connectivity index (χ1n) is 1.55. The van der Waals surface area contributed by atoms with Gasteiger partial charge in [0.1, 0.15) is 0 Å². The molecule has 1 rings (SSSR count). The fourth-order valence-corrected chi connectivity index (χ4v) is 0.356. The molecule has 0 bridgehead atoms. The summed E-state index contributed by atoms with van der Waals surface area (Å²) in [6, 6.07) is 0. The Bertz CT molecular complexity index is 116. The van der Waals surface area contributed by atoms with Crippen molar-refractivity contribution in [3.8, 4) is 0 Å². The minimum atomic E-state index is 0. The van der Waals surface area contributed by atoms with E-state index in [0.717, 1.165) is 0 Å². The summed E-state index contributed by atoms with van der Waals surface area (Å²) in [6.45, 7) is 0. The molecule has 1 aromatic heterocycles. The van der Waals surface area contributed by atoms with Crippen LogP contribution in [-0.4, -0.2) is 8.96 Å². The molecule has 2 nitrogen and oxygen atoms in total. The Balaban J connectivity index is 0.000000360. The minimum absolute atomic E-state index is 0. The molecule has 0 radical (unpaired) electrons. The van der Waals surface area contributed by atoms with E-state index < -0.39 is 0 Å². The summed E-state index contributed by atoms with van der Waals surface area (Å²) in [5.74, 6) is 0. The summed E-state index contributed by atoms with van der Waals surface area (Å²) in [4.78, 5) is 3.68. The zero-order valence-electron chi connectivity index (χ0n) is 3.44. The van der Waals surface area contributed by atoms with Crippen LogP contribution in [-0.2, 0) is 33.9 Å². The van der Waals surface area contributed by atoms with Gasteiger partial charge in [0.2, 0.25) is 0 Å². The first-order chi connectivity index (χ1) is 2.89. The number of hydrogen-bond donors (Lipinski definition) is 0. The van der Waals surface area contributed by atoms with E-state index in [4.69, 9.17) is 0 Å². The number of rotatable bonds is 0. The Kier molecular flexibility index (Phi) is 3.22. The Morgan fingerprint density at radius 3 is 2.43 bits per heavy atom. The van der Waals surface area contributed by atoms with Gasteiger partial charge in [0, 0.05) is 33.5 Å².